The van der Waals surface area contributed by atoms with Crippen LogP contribution in [0.4, 0.5) is 5.82 Å². The minimum Gasteiger partial charge on any atom is -0.496 e. The third kappa shape index (κ3) is 4.24. The largest absolute Gasteiger partial charge is 0.496 e. The van der Waals surface area contributed by atoms with Gasteiger partial charge in [0.15, 0.2) is 5.82 Å². The standard InChI is InChI=1S/C23H23ClN4O2/c1-16-3-5-17(6-4-16)20-8-10-22(26-25-20)27-11-13-28(14-12-27)23(29)19-15-18(24)7-9-21(19)30-2/h3-10,15H,11-14H2,1-2H3. The number of hydrogen-bond acceptors (Lipinski definition) is 5. The van der Waals surface area contributed by atoms with Crippen LogP contribution in [0.25, 0.3) is 11.3 Å². The Hall–Kier alpha value is -3.12. The fourth-order valence-electron chi connectivity index (χ4n) is 3.53. The summed E-state index contributed by atoms with van der Waals surface area (Å²) in [5.74, 6) is 1.28. The summed E-state index contributed by atoms with van der Waals surface area (Å²) in [5, 5.41) is 9.30. The predicted molar refractivity (Wildman–Crippen MR) is 118 cm³/mol. The molecule has 0 atom stereocenters. The van der Waals surface area contributed by atoms with Crippen molar-refractivity contribution in [2.75, 3.05) is 38.2 Å². The van der Waals surface area contributed by atoms with Crippen LogP contribution >= 0.6 is 11.6 Å². The molecule has 7 heteroatoms. The Kier molecular flexibility index (Phi) is 5.86. The first-order valence-electron chi connectivity index (χ1n) is 9.83. The van der Waals surface area contributed by atoms with Crippen molar-refractivity contribution < 1.29 is 9.53 Å². The number of nitrogens with zero attached hydrogens (tertiary/aromatic N) is 4. The van der Waals surface area contributed by atoms with Crippen molar-refractivity contribution >= 4 is 23.3 Å². The number of benzene rings is 2. The van der Waals surface area contributed by atoms with Gasteiger partial charge in [-0.1, -0.05) is 41.4 Å². The van der Waals surface area contributed by atoms with Gasteiger partial charge in [0.2, 0.25) is 0 Å². The van der Waals surface area contributed by atoms with Crippen molar-refractivity contribution in [1.29, 1.82) is 0 Å². The highest BCUT2D eigenvalue weighted by molar-refractivity contribution is 6.31. The molecule has 6 nitrogen and oxygen atoms in total. The van der Waals surface area contributed by atoms with Crippen molar-refractivity contribution in [3.8, 4) is 17.0 Å². The molecule has 0 spiro atoms. The summed E-state index contributed by atoms with van der Waals surface area (Å²) in [6.45, 7) is 4.62. The van der Waals surface area contributed by atoms with Crippen LogP contribution in [0.3, 0.4) is 0 Å². The molecule has 1 amide bonds. The molecule has 1 aliphatic heterocycles. The predicted octanol–water partition coefficient (Wildman–Crippen LogP) is 4.08. The number of rotatable bonds is 4. The molecule has 2 aromatic carbocycles. The molecule has 1 saturated heterocycles. The number of aryl methyl sites for hydroxylation is 1. The lowest BCUT2D eigenvalue weighted by Gasteiger charge is -2.35. The maximum atomic E-state index is 12.9. The zero-order valence-electron chi connectivity index (χ0n) is 17.0. The molecule has 0 saturated carbocycles. The summed E-state index contributed by atoms with van der Waals surface area (Å²) < 4.78 is 5.32. The number of carbonyl (C=O) groups excluding carboxylic acids is 1. The zero-order chi connectivity index (χ0) is 21.1. The summed E-state index contributed by atoms with van der Waals surface area (Å²) in [7, 11) is 1.55. The van der Waals surface area contributed by atoms with E-state index in [0.717, 1.165) is 17.1 Å². The highest BCUT2D eigenvalue weighted by atomic mass is 35.5. The van der Waals surface area contributed by atoms with Crippen LogP contribution in [-0.2, 0) is 0 Å². The van der Waals surface area contributed by atoms with Crippen molar-refractivity contribution in [3.05, 3.63) is 70.7 Å². The summed E-state index contributed by atoms with van der Waals surface area (Å²) in [6.07, 6.45) is 0. The van der Waals surface area contributed by atoms with Crippen molar-refractivity contribution in [2.45, 2.75) is 6.92 Å². The van der Waals surface area contributed by atoms with Crippen LogP contribution in [0.15, 0.2) is 54.6 Å². The lowest BCUT2D eigenvalue weighted by Crippen LogP contribution is -2.49. The van der Waals surface area contributed by atoms with Gasteiger partial charge in [0.25, 0.3) is 5.91 Å². The molecule has 0 unspecified atom stereocenters. The summed E-state index contributed by atoms with van der Waals surface area (Å²) in [4.78, 5) is 16.9. The number of halogens is 1. The number of aromatic nitrogens is 2. The molecule has 30 heavy (non-hydrogen) atoms. The van der Waals surface area contributed by atoms with E-state index in [1.165, 1.54) is 5.56 Å². The van der Waals surface area contributed by atoms with Crippen LogP contribution in [-0.4, -0.2) is 54.3 Å². The molecule has 1 aliphatic rings. The van der Waals surface area contributed by atoms with Gasteiger partial charge in [-0.3, -0.25) is 4.79 Å². The van der Waals surface area contributed by atoms with Gasteiger partial charge in [0.1, 0.15) is 5.75 Å². The van der Waals surface area contributed by atoms with Gasteiger partial charge in [-0.25, -0.2) is 0 Å². The van der Waals surface area contributed by atoms with Gasteiger partial charge in [0, 0.05) is 36.8 Å². The summed E-state index contributed by atoms with van der Waals surface area (Å²) >= 11 is 6.07. The molecule has 3 aromatic rings. The Labute approximate surface area is 181 Å². The van der Waals surface area contributed by atoms with E-state index in [-0.39, 0.29) is 5.91 Å². The van der Waals surface area contributed by atoms with Gasteiger partial charge < -0.3 is 14.5 Å². The molecule has 0 bridgehead atoms. The second kappa shape index (κ2) is 8.71. The fraction of sp³-hybridized carbons (Fsp3) is 0.261. The Balaban J connectivity index is 1.41. The topological polar surface area (TPSA) is 58.6 Å². The van der Waals surface area contributed by atoms with Crippen LogP contribution in [0, 0.1) is 6.92 Å². The minimum atomic E-state index is -0.0743. The number of ether oxygens (including phenoxy) is 1. The molecule has 0 aliphatic carbocycles. The fourth-order valence-corrected chi connectivity index (χ4v) is 3.70. The smallest absolute Gasteiger partial charge is 0.257 e. The molecule has 1 fully saturated rings. The molecule has 2 heterocycles. The summed E-state index contributed by atoms with van der Waals surface area (Å²) in [6, 6.07) is 17.3. The zero-order valence-corrected chi connectivity index (χ0v) is 17.8. The third-order valence-electron chi connectivity index (χ3n) is 5.28. The lowest BCUT2D eigenvalue weighted by molar-refractivity contribution is 0.0743. The highest BCUT2D eigenvalue weighted by Gasteiger charge is 2.25. The normalized spacial score (nSPS) is 14.0. The van der Waals surface area contributed by atoms with E-state index in [9.17, 15) is 4.79 Å². The Bertz CT molecular complexity index is 1030. The molecule has 1 aromatic heterocycles. The van der Waals surface area contributed by atoms with Gasteiger partial charge in [-0.05, 0) is 37.3 Å². The molecule has 154 valence electrons. The molecular weight excluding hydrogens is 400 g/mol. The number of amides is 1. The van der Waals surface area contributed by atoms with Crippen LogP contribution in [0.5, 0.6) is 5.75 Å². The van der Waals surface area contributed by atoms with Crippen molar-refractivity contribution in [1.82, 2.24) is 15.1 Å². The Morgan fingerprint density at radius 1 is 0.967 bits per heavy atom. The molecule has 0 radical (unpaired) electrons. The SMILES string of the molecule is COc1ccc(Cl)cc1C(=O)N1CCN(c2ccc(-c3ccc(C)cc3)nn2)CC1. The van der Waals surface area contributed by atoms with Gasteiger partial charge >= 0.3 is 0 Å². The average molecular weight is 423 g/mol. The van der Waals surface area contributed by atoms with Crippen molar-refractivity contribution in [2.24, 2.45) is 0 Å². The number of piperazine rings is 1. The molecular formula is C23H23ClN4O2. The summed E-state index contributed by atoms with van der Waals surface area (Å²) in [5.41, 5.74) is 3.60. The quantitative estimate of drug-likeness (QED) is 0.634. The maximum Gasteiger partial charge on any atom is 0.257 e. The Morgan fingerprint density at radius 2 is 1.70 bits per heavy atom. The lowest BCUT2D eigenvalue weighted by atomic mass is 10.1. The first-order valence-corrected chi connectivity index (χ1v) is 10.2. The van der Waals surface area contributed by atoms with Gasteiger partial charge in [-0.2, -0.15) is 0 Å². The number of anilines is 1. The maximum absolute atomic E-state index is 12.9. The minimum absolute atomic E-state index is 0.0743. The van der Waals surface area contributed by atoms with Gasteiger partial charge in [0.05, 0.1) is 18.4 Å². The molecule has 0 N–H and O–H groups in total. The highest BCUT2D eigenvalue weighted by Crippen LogP contribution is 2.25. The Morgan fingerprint density at radius 3 is 2.33 bits per heavy atom. The van der Waals surface area contributed by atoms with E-state index in [2.05, 4.69) is 34.2 Å². The average Bonchev–Trinajstić information content (AvgIpc) is 2.79. The van der Waals surface area contributed by atoms with Crippen LogP contribution in [0.1, 0.15) is 15.9 Å². The van der Waals surface area contributed by atoms with E-state index >= 15 is 0 Å². The number of methoxy groups -OCH3 is 1. The van der Waals surface area contributed by atoms with E-state index in [0.29, 0.717) is 42.5 Å². The van der Waals surface area contributed by atoms with E-state index in [4.69, 9.17) is 16.3 Å². The van der Waals surface area contributed by atoms with Crippen LogP contribution < -0.4 is 9.64 Å². The monoisotopic (exact) mass is 422 g/mol. The van der Waals surface area contributed by atoms with E-state index < -0.39 is 0 Å². The first kappa shape index (κ1) is 20.2. The van der Waals surface area contributed by atoms with Crippen molar-refractivity contribution in [3.63, 3.8) is 0 Å². The first-order chi connectivity index (χ1) is 14.5. The number of carbonyl (C=O) groups is 1. The van der Waals surface area contributed by atoms with E-state index in [1.807, 2.05) is 29.2 Å². The third-order valence-corrected chi connectivity index (χ3v) is 5.52. The van der Waals surface area contributed by atoms with E-state index in [1.54, 1.807) is 25.3 Å². The number of hydrogen-bond donors (Lipinski definition) is 0. The second-order valence-electron chi connectivity index (χ2n) is 7.27. The molecule has 4 rings (SSSR count). The van der Waals surface area contributed by atoms with Crippen LogP contribution in [0.2, 0.25) is 5.02 Å². The second-order valence-corrected chi connectivity index (χ2v) is 7.70. The van der Waals surface area contributed by atoms with Gasteiger partial charge in [-0.15, -0.1) is 10.2 Å².